The summed E-state index contributed by atoms with van der Waals surface area (Å²) in [6, 6.07) is 18.2. The molecule has 0 radical (unpaired) electrons. The van der Waals surface area contributed by atoms with Gasteiger partial charge in [-0.15, -0.1) is 0 Å². The van der Waals surface area contributed by atoms with Crippen LogP contribution < -0.4 is 0 Å². The minimum absolute atomic E-state index is 0.110. The van der Waals surface area contributed by atoms with Gasteiger partial charge in [-0.1, -0.05) is 60.7 Å². The minimum Gasteiger partial charge on any atom is -0.461 e. The summed E-state index contributed by atoms with van der Waals surface area (Å²) >= 11 is 0. The van der Waals surface area contributed by atoms with E-state index in [1.165, 1.54) is 0 Å². The van der Waals surface area contributed by atoms with Gasteiger partial charge >= 0.3 is 23.9 Å². The molecule has 0 aliphatic carbocycles. The number of rotatable bonds is 10. The molecule has 7 heteroatoms. The molecule has 0 amide bonds. The van der Waals surface area contributed by atoms with Crippen molar-refractivity contribution in [1.82, 2.24) is 0 Å². The summed E-state index contributed by atoms with van der Waals surface area (Å²) < 4.78 is 14.6. The number of esters is 4. The van der Waals surface area contributed by atoms with E-state index in [0.29, 0.717) is 0 Å². The summed E-state index contributed by atoms with van der Waals surface area (Å²) in [6.07, 6.45) is -0.953. The lowest BCUT2D eigenvalue weighted by Gasteiger charge is -2.06. The molecule has 2 aromatic carbocycles. The van der Waals surface area contributed by atoms with Crippen LogP contribution in [0.25, 0.3) is 0 Å². The summed E-state index contributed by atoms with van der Waals surface area (Å²) in [5, 5.41) is 0. The van der Waals surface area contributed by atoms with Gasteiger partial charge in [0.25, 0.3) is 0 Å². The van der Waals surface area contributed by atoms with Gasteiger partial charge in [-0.05, 0) is 11.1 Å². The molecule has 0 heterocycles. The number of carbonyl (C=O) groups excluding carboxylic acids is 4. The Morgan fingerprint density at radius 1 is 0.517 bits per heavy atom. The molecule has 0 saturated carbocycles. The van der Waals surface area contributed by atoms with Crippen LogP contribution in [0.15, 0.2) is 60.7 Å². The molecule has 0 fully saturated rings. The predicted molar refractivity (Wildman–Crippen MR) is 102 cm³/mol. The molecular formula is C22H22O7. The average molecular weight is 398 g/mol. The summed E-state index contributed by atoms with van der Waals surface area (Å²) in [7, 11) is 0. The topological polar surface area (TPSA) is 96.0 Å². The predicted octanol–water partition coefficient (Wildman–Crippen LogP) is 3.10. The third-order valence-electron chi connectivity index (χ3n) is 3.78. The summed E-state index contributed by atoms with van der Waals surface area (Å²) in [6.45, 7) is 0.220. The van der Waals surface area contributed by atoms with Crippen molar-refractivity contribution in [3.05, 3.63) is 71.8 Å². The first-order chi connectivity index (χ1) is 14.0. The Kier molecular flexibility index (Phi) is 9.08. The molecular weight excluding hydrogens is 376 g/mol. The zero-order valence-corrected chi connectivity index (χ0v) is 15.9. The van der Waals surface area contributed by atoms with Crippen LogP contribution in [-0.4, -0.2) is 23.9 Å². The molecule has 0 aliphatic heterocycles. The van der Waals surface area contributed by atoms with E-state index in [-0.39, 0.29) is 38.9 Å². The maximum Gasteiger partial charge on any atom is 0.314 e. The van der Waals surface area contributed by atoms with Gasteiger partial charge in [-0.3, -0.25) is 19.2 Å². The lowest BCUT2D eigenvalue weighted by molar-refractivity contribution is -0.163. The number of benzene rings is 2. The van der Waals surface area contributed by atoms with Gasteiger partial charge < -0.3 is 14.2 Å². The number of carbonyl (C=O) groups is 4. The highest BCUT2D eigenvalue weighted by Gasteiger charge is 2.15. The molecule has 7 nitrogen and oxygen atoms in total. The van der Waals surface area contributed by atoms with Crippen molar-refractivity contribution in [2.75, 3.05) is 0 Å². The minimum atomic E-state index is -0.843. The summed E-state index contributed by atoms with van der Waals surface area (Å²) in [5.41, 5.74) is 1.66. The molecule has 0 aromatic heterocycles. The molecule has 0 spiro atoms. The first-order valence-corrected chi connectivity index (χ1v) is 9.15. The third-order valence-corrected chi connectivity index (χ3v) is 3.78. The van der Waals surface area contributed by atoms with Crippen molar-refractivity contribution in [1.29, 1.82) is 0 Å². The van der Waals surface area contributed by atoms with Crippen LogP contribution in [0.1, 0.15) is 36.8 Å². The monoisotopic (exact) mass is 398 g/mol. The van der Waals surface area contributed by atoms with Crippen LogP contribution in [-0.2, 0) is 46.6 Å². The van der Waals surface area contributed by atoms with E-state index >= 15 is 0 Å². The highest BCUT2D eigenvalue weighted by atomic mass is 16.6. The van der Waals surface area contributed by atoms with Crippen molar-refractivity contribution in [2.45, 2.75) is 38.9 Å². The van der Waals surface area contributed by atoms with Crippen LogP contribution in [0.5, 0.6) is 0 Å². The smallest absolute Gasteiger partial charge is 0.314 e. The average Bonchev–Trinajstić information content (AvgIpc) is 2.75. The van der Waals surface area contributed by atoms with E-state index in [2.05, 4.69) is 4.74 Å². The maximum atomic E-state index is 11.6. The molecule has 29 heavy (non-hydrogen) atoms. The lowest BCUT2D eigenvalue weighted by Crippen LogP contribution is -2.16. The molecule has 152 valence electrons. The Balaban J connectivity index is 1.56. The van der Waals surface area contributed by atoms with Crippen molar-refractivity contribution in [3.8, 4) is 0 Å². The van der Waals surface area contributed by atoms with Crippen LogP contribution in [0.3, 0.4) is 0 Å². The molecule has 2 aromatic rings. The van der Waals surface area contributed by atoms with Crippen LogP contribution in [0, 0.1) is 0 Å². The lowest BCUT2D eigenvalue weighted by atomic mass is 10.2. The molecule has 0 aliphatic rings. The van der Waals surface area contributed by atoms with Gasteiger partial charge in [-0.25, -0.2) is 0 Å². The Bertz CT molecular complexity index is 746. The summed E-state index contributed by atoms with van der Waals surface area (Å²) in [4.78, 5) is 46.5. The molecule has 0 atom stereocenters. The molecule has 0 saturated heterocycles. The Morgan fingerprint density at radius 2 is 0.862 bits per heavy atom. The standard InChI is InChI=1S/C22H22O7/c23-19(27-15-17-7-3-1-4-8-17)11-13-21(25)29-22(26)14-12-20(24)28-16-18-9-5-2-6-10-18/h1-10H,11-16H2. The van der Waals surface area contributed by atoms with Crippen molar-refractivity contribution in [3.63, 3.8) is 0 Å². The number of hydrogen-bond acceptors (Lipinski definition) is 7. The maximum absolute atomic E-state index is 11.6. The van der Waals surface area contributed by atoms with Gasteiger partial charge in [0.15, 0.2) is 0 Å². The van der Waals surface area contributed by atoms with Gasteiger partial charge in [0.05, 0.1) is 25.7 Å². The Labute approximate surface area is 168 Å². The third kappa shape index (κ3) is 9.32. The zero-order valence-electron chi connectivity index (χ0n) is 15.9. The van der Waals surface area contributed by atoms with E-state index in [1.54, 1.807) is 0 Å². The number of ether oxygens (including phenoxy) is 3. The first kappa shape index (κ1) is 21.8. The van der Waals surface area contributed by atoms with E-state index in [1.807, 2.05) is 60.7 Å². The van der Waals surface area contributed by atoms with Gasteiger partial charge in [-0.2, -0.15) is 0 Å². The van der Waals surface area contributed by atoms with E-state index < -0.39 is 23.9 Å². The molecule has 0 bridgehead atoms. The highest BCUT2D eigenvalue weighted by Crippen LogP contribution is 2.06. The second-order valence-corrected chi connectivity index (χ2v) is 6.14. The van der Waals surface area contributed by atoms with Crippen LogP contribution in [0.4, 0.5) is 0 Å². The first-order valence-electron chi connectivity index (χ1n) is 9.15. The Hall–Kier alpha value is -3.48. The van der Waals surface area contributed by atoms with Crippen molar-refractivity contribution in [2.24, 2.45) is 0 Å². The SMILES string of the molecule is O=C(CCC(=O)OC(=O)CCC(=O)OCc1ccccc1)OCc1ccccc1. The Morgan fingerprint density at radius 3 is 1.24 bits per heavy atom. The van der Waals surface area contributed by atoms with E-state index in [0.717, 1.165) is 11.1 Å². The quantitative estimate of drug-likeness (QED) is 0.345. The molecule has 2 rings (SSSR count). The number of hydrogen-bond donors (Lipinski definition) is 0. The van der Waals surface area contributed by atoms with Gasteiger partial charge in [0.2, 0.25) is 0 Å². The fraction of sp³-hybridized carbons (Fsp3) is 0.273. The summed E-state index contributed by atoms with van der Waals surface area (Å²) in [5.74, 6) is -2.82. The second kappa shape index (κ2) is 12.1. The fourth-order valence-corrected chi connectivity index (χ4v) is 2.26. The zero-order chi connectivity index (χ0) is 20.9. The largest absolute Gasteiger partial charge is 0.461 e. The second-order valence-electron chi connectivity index (χ2n) is 6.14. The van der Waals surface area contributed by atoms with Crippen molar-refractivity contribution >= 4 is 23.9 Å². The van der Waals surface area contributed by atoms with Gasteiger partial charge in [0, 0.05) is 0 Å². The van der Waals surface area contributed by atoms with E-state index in [9.17, 15) is 19.2 Å². The van der Waals surface area contributed by atoms with Crippen molar-refractivity contribution < 1.29 is 33.4 Å². The highest BCUT2D eigenvalue weighted by molar-refractivity contribution is 5.88. The van der Waals surface area contributed by atoms with Gasteiger partial charge in [0.1, 0.15) is 13.2 Å². The normalized spacial score (nSPS) is 10.1. The van der Waals surface area contributed by atoms with Crippen LogP contribution >= 0.6 is 0 Å². The molecule has 0 N–H and O–H groups in total. The van der Waals surface area contributed by atoms with E-state index in [4.69, 9.17) is 9.47 Å². The fourth-order valence-electron chi connectivity index (χ4n) is 2.26. The molecule has 0 unspecified atom stereocenters. The van der Waals surface area contributed by atoms with Crippen LogP contribution in [0.2, 0.25) is 0 Å².